The van der Waals surface area contributed by atoms with Gasteiger partial charge < -0.3 is 5.32 Å². The standard InChI is InChI=1S/C10H14N4O4/c11-13-8(16)3-5-12-7(15)4-6-14-9(17)1-2-10(14)18/h1-2H,3-6,11H2,(H,12,15)(H,13,16). The van der Waals surface area contributed by atoms with Crippen LogP contribution in [0.15, 0.2) is 12.2 Å². The van der Waals surface area contributed by atoms with Crippen molar-refractivity contribution in [2.45, 2.75) is 12.8 Å². The topological polar surface area (TPSA) is 122 Å². The Balaban J connectivity index is 2.19. The molecule has 98 valence electrons. The number of carbonyl (C=O) groups excluding carboxylic acids is 4. The van der Waals surface area contributed by atoms with Crippen molar-refractivity contribution in [3.05, 3.63) is 12.2 Å². The number of imide groups is 1. The van der Waals surface area contributed by atoms with Crippen LogP contribution in [0.2, 0.25) is 0 Å². The van der Waals surface area contributed by atoms with Gasteiger partial charge in [0.2, 0.25) is 11.8 Å². The fourth-order valence-electron chi connectivity index (χ4n) is 1.34. The van der Waals surface area contributed by atoms with E-state index >= 15 is 0 Å². The zero-order valence-electron chi connectivity index (χ0n) is 9.64. The molecule has 0 saturated heterocycles. The molecule has 0 spiro atoms. The minimum absolute atomic E-state index is 0.00338. The van der Waals surface area contributed by atoms with E-state index in [1.165, 1.54) is 0 Å². The van der Waals surface area contributed by atoms with Gasteiger partial charge in [-0.25, -0.2) is 5.84 Å². The van der Waals surface area contributed by atoms with Crippen LogP contribution in [0.5, 0.6) is 0 Å². The summed E-state index contributed by atoms with van der Waals surface area (Å²) in [5.74, 6) is 3.29. The lowest BCUT2D eigenvalue weighted by molar-refractivity contribution is -0.137. The fourth-order valence-corrected chi connectivity index (χ4v) is 1.34. The summed E-state index contributed by atoms with van der Waals surface area (Å²) in [6.07, 6.45) is 2.40. The van der Waals surface area contributed by atoms with Gasteiger partial charge >= 0.3 is 0 Å². The smallest absolute Gasteiger partial charge is 0.253 e. The van der Waals surface area contributed by atoms with Crippen molar-refractivity contribution in [1.82, 2.24) is 15.6 Å². The maximum absolute atomic E-state index is 11.3. The Hall–Kier alpha value is -2.22. The molecule has 0 radical (unpaired) electrons. The Bertz CT molecular complexity index is 387. The summed E-state index contributed by atoms with van der Waals surface area (Å²) in [7, 11) is 0. The minimum atomic E-state index is -0.421. The van der Waals surface area contributed by atoms with Gasteiger partial charge in [0, 0.05) is 38.1 Å². The summed E-state index contributed by atoms with van der Waals surface area (Å²) in [6, 6.07) is 0. The zero-order chi connectivity index (χ0) is 13.5. The second-order valence-corrected chi connectivity index (χ2v) is 3.58. The molecule has 4 N–H and O–H groups in total. The van der Waals surface area contributed by atoms with Gasteiger partial charge in [0.15, 0.2) is 0 Å². The van der Waals surface area contributed by atoms with Crippen LogP contribution in [-0.2, 0) is 19.2 Å². The normalized spacial score (nSPS) is 13.9. The predicted molar refractivity (Wildman–Crippen MR) is 60.4 cm³/mol. The van der Waals surface area contributed by atoms with E-state index in [1.807, 2.05) is 5.43 Å². The molecule has 8 heteroatoms. The first kappa shape index (κ1) is 13.8. The summed E-state index contributed by atoms with van der Waals surface area (Å²) in [4.78, 5) is 45.4. The molecule has 18 heavy (non-hydrogen) atoms. The van der Waals surface area contributed by atoms with Crippen molar-refractivity contribution in [1.29, 1.82) is 0 Å². The highest BCUT2D eigenvalue weighted by atomic mass is 16.2. The van der Waals surface area contributed by atoms with Crippen LogP contribution in [-0.4, -0.2) is 41.6 Å². The van der Waals surface area contributed by atoms with Gasteiger partial charge in [-0.1, -0.05) is 0 Å². The molecule has 0 saturated carbocycles. The van der Waals surface area contributed by atoms with Crippen LogP contribution in [0.3, 0.4) is 0 Å². The summed E-state index contributed by atoms with van der Waals surface area (Å²) < 4.78 is 0. The Morgan fingerprint density at radius 1 is 1.11 bits per heavy atom. The maximum atomic E-state index is 11.3. The Labute approximate surface area is 103 Å². The number of hydrazine groups is 1. The molecule has 1 aliphatic rings. The van der Waals surface area contributed by atoms with Crippen molar-refractivity contribution >= 4 is 23.6 Å². The molecule has 0 aromatic rings. The number of nitrogens with zero attached hydrogens (tertiary/aromatic N) is 1. The van der Waals surface area contributed by atoms with E-state index in [2.05, 4.69) is 5.32 Å². The maximum Gasteiger partial charge on any atom is 0.253 e. The molecular formula is C10H14N4O4. The average molecular weight is 254 g/mol. The van der Waals surface area contributed by atoms with E-state index < -0.39 is 11.8 Å². The third kappa shape index (κ3) is 3.98. The van der Waals surface area contributed by atoms with Crippen LogP contribution in [0.25, 0.3) is 0 Å². The molecule has 0 aliphatic carbocycles. The van der Waals surface area contributed by atoms with E-state index in [1.54, 1.807) is 0 Å². The first-order valence-electron chi connectivity index (χ1n) is 5.34. The van der Waals surface area contributed by atoms with Crippen LogP contribution in [0, 0.1) is 0 Å². The van der Waals surface area contributed by atoms with Crippen molar-refractivity contribution < 1.29 is 19.2 Å². The van der Waals surface area contributed by atoms with Crippen LogP contribution < -0.4 is 16.6 Å². The van der Waals surface area contributed by atoms with Gasteiger partial charge in [0.1, 0.15) is 0 Å². The summed E-state index contributed by atoms with van der Waals surface area (Å²) in [5, 5.41) is 2.48. The van der Waals surface area contributed by atoms with E-state index in [0.717, 1.165) is 17.1 Å². The third-order valence-corrected chi connectivity index (χ3v) is 2.30. The van der Waals surface area contributed by atoms with E-state index in [0.29, 0.717) is 0 Å². The molecule has 0 atom stereocenters. The number of nitrogens with two attached hydrogens (primary N) is 1. The summed E-state index contributed by atoms with van der Waals surface area (Å²) in [5.41, 5.74) is 1.93. The van der Waals surface area contributed by atoms with Crippen molar-refractivity contribution in [3.8, 4) is 0 Å². The molecule has 0 aromatic heterocycles. The number of amides is 4. The van der Waals surface area contributed by atoms with Crippen molar-refractivity contribution in [2.24, 2.45) is 5.84 Å². The lowest BCUT2D eigenvalue weighted by Gasteiger charge is -2.13. The van der Waals surface area contributed by atoms with Gasteiger partial charge in [-0.2, -0.15) is 0 Å². The van der Waals surface area contributed by atoms with Gasteiger partial charge in [-0.15, -0.1) is 0 Å². The first-order chi connectivity index (χ1) is 8.54. The monoisotopic (exact) mass is 254 g/mol. The quantitative estimate of drug-likeness (QED) is 0.215. The summed E-state index contributed by atoms with van der Waals surface area (Å²) >= 11 is 0. The zero-order valence-corrected chi connectivity index (χ0v) is 9.64. The Kier molecular flexibility index (Phi) is 5.00. The Morgan fingerprint density at radius 2 is 1.72 bits per heavy atom. The van der Waals surface area contributed by atoms with Crippen molar-refractivity contribution in [2.75, 3.05) is 13.1 Å². The average Bonchev–Trinajstić information content (AvgIpc) is 2.66. The lowest BCUT2D eigenvalue weighted by Crippen LogP contribution is -2.36. The minimum Gasteiger partial charge on any atom is -0.356 e. The molecule has 1 aliphatic heterocycles. The highest BCUT2D eigenvalue weighted by Gasteiger charge is 2.23. The van der Waals surface area contributed by atoms with E-state index in [4.69, 9.17) is 5.84 Å². The highest BCUT2D eigenvalue weighted by molar-refractivity contribution is 6.13. The van der Waals surface area contributed by atoms with Gasteiger partial charge in [-0.3, -0.25) is 29.5 Å². The molecule has 0 bridgehead atoms. The predicted octanol–water partition coefficient (Wildman–Crippen LogP) is -2.20. The fraction of sp³-hybridized carbons (Fsp3) is 0.400. The van der Waals surface area contributed by atoms with Crippen LogP contribution >= 0.6 is 0 Å². The van der Waals surface area contributed by atoms with E-state index in [9.17, 15) is 19.2 Å². The molecule has 8 nitrogen and oxygen atoms in total. The molecule has 1 rings (SSSR count). The molecule has 0 unspecified atom stereocenters. The lowest BCUT2D eigenvalue weighted by atomic mass is 10.3. The summed E-state index contributed by atoms with van der Waals surface area (Å²) in [6.45, 7) is 0.182. The molecule has 0 aromatic carbocycles. The second kappa shape index (κ2) is 6.50. The number of hydrogen-bond acceptors (Lipinski definition) is 5. The van der Waals surface area contributed by atoms with E-state index in [-0.39, 0.29) is 37.7 Å². The largest absolute Gasteiger partial charge is 0.356 e. The van der Waals surface area contributed by atoms with Gasteiger partial charge in [0.25, 0.3) is 11.8 Å². The number of rotatable bonds is 6. The molecular weight excluding hydrogens is 240 g/mol. The Morgan fingerprint density at radius 3 is 2.28 bits per heavy atom. The second-order valence-electron chi connectivity index (χ2n) is 3.58. The molecule has 1 heterocycles. The SMILES string of the molecule is NNC(=O)CCNC(=O)CCN1C(=O)C=CC1=O. The van der Waals surface area contributed by atoms with Crippen LogP contribution in [0.1, 0.15) is 12.8 Å². The van der Waals surface area contributed by atoms with Crippen molar-refractivity contribution in [3.63, 3.8) is 0 Å². The number of nitrogens with one attached hydrogen (secondary N) is 2. The van der Waals surface area contributed by atoms with Gasteiger partial charge in [-0.05, 0) is 0 Å². The first-order valence-corrected chi connectivity index (χ1v) is 5.34. The number of hydrogen-bond donors (Lipinski definition) is 3. The number of carbonyl (C=O) groups is 4. The third-order valence-electron chi connectivity index (χ3n) is 2.30. The van der Waals surface area contributed by atoms with Gasteiger partial charge in [0.05, 0.1) is 0 Å². The highest BCUT2D eigenvalue weighted by Crippen LogP contribution is 2.03. The molecule has 0 fully saturated rings. The molecule has 4 amide bonds. The van der Waals surface area contributed by atoms with Crippen LogP contribution in [0.4, 0.5) is 0 Å².